The molecule has 0 radical (unpaired) electrons. The average molecular weight is 310 g/mol. The van der Waals surface area contributed by atoms with E-state index in [1.165, 1.54) is 0 Å². The molecule has 1 unspecified atom stereocenters. The number of anilines is 1. The molecular weight excluding hydrogens is 292 g/mol. The van der Waals surface area contributed by atoms with Gasteiger partial charge in [0, 0.05) is 18.2 Å². The van der Waals surface area contributed by atoms with Crippen molar-refractivity contribution in [3.63, 3.8) is 0 Å². The molecule has 0 aliphatic carbocycles. The Kier molecular flexibility index (Phi) is 3.29. The van der Waals surface area contributed by atoms with Crippen molar-refractivity contribution in [1.29, 1.82) is 0 Å². The van der Waals surface area contributed by atoms with Crippen LogP contribution in [0.25, 0.3) is 5.82 Å². The molecular formula is C15H18N8. The van der Waals surface area contributed by atoms with Crippen molar-refractivity contribution in [2.75, 3.05) is 5.32 Å². The lowest BCUT2D eigenvalue weighted by molar-refractivity contribution is 0.440. The Morgan fingerprint density at radius 1 is 1.26 bits per heavy atom. The Hall–Kier alpha value is -2.77. The van der Waals surface area contributed by atoms with Crippen molar-refractivity contribution in [3.8, 4) is 5.82 Å². The predicted molar refractivity (Wildman–Crippen MR) is 84.4 cm³/mol. The van der Waals surface area contributed by atoms with Crippen LogP contribution in [-0.4, -0.2) is 40.6 Å². The van der Waals surface area contributed by atoms with E-state index in [1.807, 2.05) is 29.3 Å². The van der Waals surface area contributed by atoms with Crippen LogP contribution in [0.4, 0.5) is 5.82 Å². The molecule has 23 heavy (non-hydrogen) atoms. The molecule has 0 fully saturated rings. The second-order valence-electron chi connectivity index (χ2n) is 5.84. The molecule has 0 amide bonds. The maximum Gasteiger partial charge on any atom is 0.174 e. The number of hydrogen-bond donors (Lipinski definition) is 1. The van der Waals surface area contributed by atoms with Gasteiger partial charge in [-0.1, -0.05) is 0 Å². The topological polar surface area (TPSA) is 86.3 Å². The van der Waals surface area contributed by atoms with Gasteiger partial charge >= 0.3 is 0 Å². The van der Waals surface area contributed by atoms with Crippen LogP contribution in [0.5, 0.6) is 0 Å². The van der Waals surface area contributed by atoms with Crippen molar-refractivity contribution in [3.05, 3.63) is 42.0 Å². The Labute approximate surface area is 133 Å². The number of aryl methyl sites for hydroxylation is 3. The highest BCUT2D eigenvalue weighted by atomic mass is 15.4. The number of aromatic nitrogens is 7. The van der Waals surface area contributed by atoms with Gasteiger partial charge in [-0.15, -0.1) is 0 Å². The third-order valence-electron chi connectivity index (χ3n) is 4.01. The third-order valence-corrected chi connectivity index (χ3v) is 4.01. The average Bonchev–Trinajstić information content (AvgIpc) is 3.13. The van der Waals surface area contributed by atoms with Crippen LogP contribution < -0.4 is 5.32 Å². The standard InChI is InChI=1S/C15H18N8/c1-10-5-11(2)23(21-10)15-7-16-6-13(20-15)19-12-3-4-14-17-9-18-22(14)8-12/h5-7,9,12H,3-4,8H2,1-2H3,(H,19,20). The molecule has 0 spiro atoms. The minimum absolute atomic E-state index is 0.272. The van der Waals surface area contributed by atoms with Crippen LogP contribution in [0.3, 0.4) is 0 Å². The molecule has 3 aromatic rings. The van der Waals surface area contributed by atoms with E-state index in [2.05, 4.69) is 30.5 Å². The van der Waals surface area contributed by atoms with E-state index in [1.54, 1.807) is 18.7 Å². The summed E-state index contributed by atoms with van der Waals surface area (Å²) in [6, 6.07) is 2.30. The molecule has 4 heterocycles. The van der Waals surface area contributed by atoms with E-state index < -0.39 is 0 Å². The molecule has 8 heteroatoms. The fourth-order valence-electron chi connectivity index (χ4n) is 2.95. The molecule has 1 aliphatic heterocycles. The van der Waals surface area contributed by atoms with Crippen LogP contribution >= 0.6 is 0 Å². The minimum atomic E-state index is 0.272. The van der Waals surface area contributed by atoms with E-state index in [4.69, 9.17) is 0 Å². The lowest BCUT2D eigenvalue weighted by Gasteiger charge is -2.24. The summed E-state index contributed by atoms with van der Waals surface area (Å²) in [6.45, 7) is 4.77. The van der Waals surface area contributed by atoms with E-state index in [0.29, 0.717) is 0 Å². The molecule has 118 valence electrons. The zero-order chi connectivity index (χ0) is 15.8. The van der Waals surface area contributed by atoms with Crippen molar-refractivity contribution >= 4 is 5.82 Å². The van der Waals surface area contributed by atoms with E-state index in [9.17, 15) is 0 Å². The fourth-order valence-corrected chi connectivity index (χ4v) is 2.95. The molecule has 0 aromatic carbocycles. The molecule has 0 saturated heterocycles. The molecule has 0 bridgehead atoms. The normalized spacial score (nSPS) is 17.0. The van der Waals surface area contributed by atoms with Gasteiger partial charge in [0.15, 0.2) is 5.82 Å². The monoisotopic (exact) mass is 310 g/mol. The van der Waals surface area contributed by atoms with Gasteiger partial charge in [0.25, 0.3) is 0 Å². The first-order valence-corrected chi connectivity index (χ1v) is 7.68. The van der Waals surface area contributed by atoms with Crippen molar-refractivity contribution in [1.82, 2.24) is 34.5 Å². The van der Waals surface area contributed by atoms with Crippen LogP contribution in [0.15, 0.2) is 24.8 Å². The molecule has 1 atom stereocenters. The molecule has 1 N–H and O–H groups in total. The molecule has 3 aromatic heterocycles. The third kappa shape index (κ3) is 2.67. The van der Waals surface area contributed by atoms with Crippen molar-refractivity contribution in [2.24, 2.45) is 0 Å². The molecule has 4 rings (SSSR count). The van der Waals surface area contributed by atoms with Gasteiger partial charge in [-0.25, -0.2) is 19.3 Å². The van der Waals surface area contributed by atoms with Gasteiger partial charge in [-0.3, -0.25) is 4.98 Å². The quantitative estimate of drug-likeness (QED) is 0.784. The zero-order valence-corrected chi connectivity index (χ0v) is 13.1. The zero-order valence-electron chi connectivity index (χ0n) is 13.1. The lowest BCUT2D eigenvalue weighted by Crippen LogP contribution is -2.32. The Morgan fingerprint density at radius 2 is 2.17 bits per heavy atom. The summed E-state index contributed by atoms with van der Waals surface area (Å²) in [7, 11) is 0. The van der Waals surface area contributed by atoms with E-state index in [0.717, 1.165) is 48.2 Å². The van der Waals surface area contributed by atoms with Crippen LogP contribution in [0.1, 0.15) is 23.6 Å². The summed E-state index contributed by atoms with van der Waals surface area (Å²) in [6.07, 6.45) is 7.00. The second-order valence-corrected chi connectivity index (χ2v) is 5.84. The number of rotatable bonds is 3. The number of hydrogen-bond acceptors (Lipinski definition) is 6. The molecule has 1 aliphatic rings. The maximum absolute atomic E-state index is 4.64. The predicted octanol–water partition coefficient (Wildman–Crippen LogP) is 1.30. The first-order chi connectivity index (χ1) is 11.2. The fraction of sp³-hybridized carbons (Fsp3) is 0.400. The summed E-state index contributed by atoms with van der Waals surface area (Å²) in [5.74, 6) is 2.52. The minimum Gasteiger partial charge on any atom is -0.364 e. The van der Waals surface area contributed by atoms with E-state index >= 15 is 0 Å². The summed E-state index contributed by atoms with van der Waals surface area (Å²) in [5.41, 5.74) is 2.01. The smallest absolute Gasteiger partial charge is 0.174 e. The largest absolute Gasteiger partial charge is 0.364 e. The highest BCUT2D eigenvalue weighted by Crippen LogP contribution is 2.16. The number of nitrogens with zero attached hydrogens (tertiary/aromatic N) is 7. The van der Waals surface area contributed by atoms with Gasteiger partial charge in [-0.2, -0.15) is 10.2 Å². The van der Waals surface area contributed by atoms with Crippen molar-refractivity contribution < 1.29 is 0 Å². The Bertz CT molecular complexity index is 834. The first kappa shape index (κ1) is 13.9. The summed E-state index contributed by atoms with van der Waals surface area (Å²) < 4.78 is 3.75. The second kappa shape index (κ2) is 5.45. The summed E-state index contributed by atoms with van der Waals surface area (Å²) in [4.78, 5) is 13.2. The van der Waals surface area contributed by atoms with Gasteiger partial charge in [0.2, 0.25) is 0 Å². The number of fused-ring (bicyclic) bond motifs is 1. The lowest BCUT2D eigenvalue weighted by atomic mass is 10.1. The number of nitrogens with one attached hydrogen (secondary N) is 1. The summed E-state index contributed by atoms with van der Waals surface area (Å²) >= 11 is 0. The Balaban J connectivity index is 1.54. The van der Waals surface area contributed by atoms with Crippen LogP contribution in [-0.2, 0) is 13.0 Å². The SMILES string of the molecule is Cc1cc(C)n(-c2cncc(NC3CCc4ncnn4C3)n2)n1. The Morgan fingerprint density at radius 3 is 3.00 bits per heavy atom. The van der Waals surface area contributed by atoms with Gasteiger partial charge in [0.05, 0.1) is 24.6 Å². The highest BCUT2D eigenvalue weighted by molar-refractivity contribution is 5.37. The van der Waals surface area contributed by atoms with E-state index in [-0.39, 0.29) is 6.04 Å². The molecule has 8 nitrogen and oxygen atoms in total. The first-order valence-electron chi connectivity index (χ1n) is 7.68. The maximum atomic E-state index is 4.64. The van der Waals surface area contributed by atoms with Gasteiger partial charge in [-0.05, 0) is 26.3 Å². The van der Waals surface area contributed by atoms with Crippen LogP contribution in [0.2, 0.25) is 0 Å². The van der Waals surface area contributed by atoms with Crippen molar-refractivity contribution in [2.45, 2.75) is 39.3 Å². The van der Waals surface area contributed by atoms with Gasteiger partial charge < -0.3 is 5.32 Å². The van der Waals surface area contributed by atoms with Gasteiger partial charge in [0.1, 0.15) is 18.0 Å². The molecule has 0 saturated carbocycles. The highest BCUT2D eigenvalue weighted by Gasteiger charge is 2.20. The van der Waals surface area contributed by atoms with Crippen LogP contribution in [0, 0.1) is 13.8 Å². The summed E-state index contributed by atoms with van der Waals surface area (Å²) in [5, 5.41) is 12.1.